The lowest BCUT2D eigenvalue weighted by atomic mass is 10.0. The van der Waals surface area contributed by atoms with Crippen molar-refractivity contribution in [3.63, 3.8) is 0 Å². The number of aryl methyl sites for hydroxylation is 1. The largest absolute Gasteiger partial charge is 0.480 e. The molecule has 0 saturated carbocycles. The van der Waals surface area contributed by atoms with Gasteiger partial charge in [-0.05, 0) is 31.4 Å². The predicted molar refractivity (Wildman–Crippen MR) is 61.8 cm³/mol. The molecule has 1 aromatic rings. The number of furan rings is 1. The Kier molecular flexibility index (Phi) is 4.31. The molecule has 0 aromatic carbocycles. The molecule has 0 aliphatic carbocycles. The van der Waals surface area contributed by atoms with Gasteiger partial charge in [0, 0.05) is 0 Å². The Bertz CT molecular complexity index is 408. The maximum Gasteiger partial charge on any atom is 0.326 e. The van der Waals surface area contributed by atoms with E-state index in [-0.39, 0.29) is 11.7 Å². The highest BCUT2D eigenvalue weighted by molar-refractivity contribution is 5.94. The SMILES string of the molecule is Cc1ccc(C(=O)N[C@H](CC(C)C)C(=O)O)o1. The van der Waals surface area contributed by atoms with Crippen LogP contribution in [0.25, 0.3) is 0 Å². The summed E-state index contributed by atoms with van der Waals surface area (Å²) >= 11 is 0. The average Bonchev–Trinajstić information content (AvgIpc) is 2.63. The van der Waals surface area contributed by atoms with Crippen molar-refractivity contribution in [1.82, 2.24) is 5.32 Å². The molecule has 1 amide bonds. The first-order valence-electron chi connectivity index (χ1n) is 5.50. The van der Waals surface area contributed by atoms with Gasteiger partial charge in [0.25, 0.3) is 5.91 Å². The highest BCUT2D eigenvalue weighted by atomic mass is 16.4. The first kappa shape index (κ1) is 13.3. The maximum absolute atomic E-state index is 11.7. The number of carbonyl (C=O) groups is 2. The van der Waals surface area contributed by atoms with Gasteiger partial charge in [0.1, 0.15) is 11.8 Å². The average molecular weight is 239 g/mol. The van der Waals surface area contributed by atoms with Crippen molar-refractivity contribution >= 4 is 11.9 Å². The predicted octanol–water partition coefficient (Wildman–Crippen LogP) is 1.82. The molecule has 0 radical (unpaired) electrons. The minimum atomic E-state index is -1.03. The van der Waals surface area contributed by atoms with E-state index >= 15 is 0 Å². The fourth-order valence-corrected chi connectivity index (χ4v) is 1.48. The molecule has 1 aromatic heterocycles. The molecule has 0 spiro atoms. The number of nitrogens with one attached hydrogen (secondary N) is 1. The molecule has 94 valence electrons. The summed E-state index contributed by atoms with van der Waals surface area (Å²) in [6, 6.07) is 2.31. The lowest BCUT2D eigenvalue weighted by Gasteiger charge is -2.15. The summed E-state index contributed by atoms with van der Waals surface area (Å²) in [5.74, 6) is -0.584. The molecule has 0 unspecified atom stereocenters. The smallest absolute Gasteiger partial charge is 0.326 e. The van der Waals surface area contributed by atoms with Gasteiger partial charge >= 0.3 is 5.97 Å². The highest BCUT2D eigenvalue weighted by Crippen LogP contribution is 2.09. The van der Waals surface area contributed by atoms with Gasteiger partial charge in [-0.3, -0.25) is 4.79 Å². The number of hydrogen-bond donors (Lipinski definition) is 2. The van der Waals surface area contributed by atoms with Gasteiger partial charge in [0.2, 0.25) is 0 Å². The summed E-state index contributed by atoms with van der Waals surface area (Å²) in [7, 11) is 0. The van der Waals surface area contributed by atoms with E-state index in [2.05, 4.69) is 5.32 Å². The first-order valence-corrected chi connectivity index (χ1v) is 5.50. The third-order valence-corrected chi connectivity index (χ3v) is 2.27. The number of carboxylic acid groups (broad SMARTS) is 1. The number of amides is 1. The molecule has 5 heteroatoms. The van der Waals surface area contributed by atoms with Crippen LogP contribution in [0.1, 0.15) is 36.6 Å². The second-order valence-electron chi connectivity index (χ2n) is 4.40. The fourth-order valence-electron chi connectivity index (χ4n) is 1.48. The van der Waals surface area contributed by atoms with E-state index in [1.807, 2.05) is 13.8 Å². The molecule has 17 heavy (non-hydrogen) atoms. The molecule has 5 nitrogen and oxygen atoms in total. The third-order valence-electron chi connectivity index (χ3n) is 2.27. The second-order valence-corrected chi connectivity index (χ2v) is 4.40. The van der Waals surface area contributed by atoms with Crippen LogP contribution in [0.3, 0.4) is 0 Å². The summed E-state index contributed by atoms with van der Waals surface area (Å²) in [4.78, 5) is 22.6. The monoisotopic (exact) mass is 239 g/mol. The zero-order valence-corrected chi connectivity index (χ0v) is 10.2. The minimum Gasteiger partial charge on any atom is -0.480 e. The molecule has 0 fully saturated rings. The molecule has 0 bridgehead atoms. The Morgan fingerprint density at radius 2 is 2.06 bits per heavy atom. The number of aliphatic carboxylic acids is 1. The molecule has 2 N–H and O–H groups in total. The molecule has 1 rings (SSSR count). The Balaban J connectivity index is 2.67. The van der Waals surface area contributed by atoms with Crippen LogP contribution < -0.4 is 5.32 Å². The van der Waals surface area contributed by atoms with Crippen LogP contribution in [0, 0.1) is 12.8 Å². The van der Waals surface area contributed by atoms with Crippen molar-refractivity contribution in [1.29, 1.82) is 0 Å². The fraction of sp³-hybridized carbons (Fsp3) is 0.500. The van der Waals surface area contributed by atoms with Gasteiger partial charge in [-0.25, -0.2) is 4.79 Å². The molecule has 1 atom stereocenters. The lowest BCUT2D eigenvalue weighted by molar-refractivity contribution is -0.139. The second kappa shape index (κ2) is 5.52. The van der Waals surface area contributed by atoms with Crippen molar-refractivity contribution < 1.29 is 19.1 Å². The Hall–Kier alpha value is -1.78. The number of hydrogen-bond acceptors (Lipinski definition) is 3. The van der Waals surface area contributed by atoms with Gasteiger partial charge in [-0.1, -0.05) is 13.8 Å². The van der Waals surface area contributed by atoms with Crippen molar-refractivity contribution in [3.8, 4) is 0 Å². The number of rotatable bonds is 5. The summed E-state index contributed by atoms with van der Waals surface area (Å²) in [5.41, 5.74) is 0. The van der Waals surface area contributed by atoms with Gasteiger partial charge in [0.15, 0.2) is 5.76 Å². The zero-order valence-electron chi connectivity index (χ0n) is 10.2. The van der Waals surface area contributed by atoms with Gasteiger partial charge < -0.3 is 14.8 Å². The maximum atomic E-state index is 11.7. The van der Waals surface area contributed by atoms with E-state index < -0.39 is 17.9 Å². The highest BCUT2D eigenvalue weighted by Gasteiger charge is 2.22. The third kappa shape index (κ3) is 3.94. The van der Waals surface area contributed by atoms with E-state index in [4.69, 9.17) is 9.52 Å². The van der Waals surface area contributed by atoms with Crippen molar-refractivity contribution in [2.45, 2.75) is 33.2 Å². The minimum absolute atomic E-state index is 0.137. The summed E-state index contributed by atoms with van der Waals surface area (Å²) in [6.45, 7) is 5.53. The zero-order chi connectivity index (χ0) is 13.0. The van der Waals surface area contributed by atoms with Crippen LogP contribution in [-0.4, -0.2) is 23.0 Å². The normalized spacial score (nSPS) is 12.5. The molecular formula is C12H17NO4. The molecule has 0 saturated heterocycles. The molecule has 1 heterocycles. The Morgan fingerprint density at radius 1 is 1.41 bits per heavy atom. The van der Waals surface area contributed by atoms with Crippen LogP contribution in [-0.2, 0) is 4.79 Å². The summed E-state index contributed by atoms with van der Waals surface area (Å²) in [5, 5.41) is 11.4. The molecule has 0 aliphatic heterocycles. The number of carbonyl (C=O) groups excluding carboxylic acids is 1. The Labute approximate surface area is 99.8 Å². The van der Waals surface area contributed by atoms with E-state index in [1.54, 1.807) is 13.0 Å². The van der Waals surface area contributed by atoms with Crippen LogP contribution in [0.2, 0.25) is 0 Å². The van der Waals surface area contributed by atoms with Gasteiger partial charge in [0.05, 0.1) is 0 Å². The van der Waals surface area contributed by atoms with E-state index in [0.29, 0.717) is 12.2 Å². The molecular weight excluding hydrogens is 222 g/mol. The van der Waals surface area contributed by atoms with Crippen molar-refractivity contribution in [2.24, 2.45) is 5.92 Å². The number of carboxylic acids is 1. The van der Waals surface area contributed by atoms with Gasteiger partial charge in [-0.15, -0.1) is 0 Å². The first-order chi connectivity index (χ1) is 7.90. The van der Waals surface area contributed by atoms with Crippen LogP contribution >= 0.6 is 0 Å². The van der Waals surface area contributed by atoms with Gasteiger partial charge in [-0.2, -0.15) is 0 Å². The van der Waals surface area contributed by atoms with E-state index in [9.17, 15) is 9.59 Å². The standard InChI is InChI=1S/C12H17NO4/c1-7(2)6-9(12(15)16)13-11(14)10-5-4-8(3)17-10/h4-5,7,9H,6H2,1-3H3,(H,13,14)(H,15,16)/t9-/m1/s1. The van der Waals surface area contributed by atoms with Crippen LogP contribution in [0.15, 0.2) is 16.5 Å². The van der Waals surface area contributed by atoms with Crippen molar-refractivity contribution in [3.05, 3.63) is 23.7 Å². The van der Waals surface area contributed by atoms with E-state index in [1.165, 1.54) is 6.07 Å². The molecule has 0 aliphatic rings. The summed E-state index contributed by atoms with van der Waals surface area (Å²) < 4.78 is 5.13. The quantitative estimate of drug-likeness (QED) is 0.821. The van der Waals surface area contributed by atoms with Crippen LogP contribution in [0.4, 0.5) is 0 Å². The topological polar surface area (TPSA) is 79.5 Å². The van der Waals surface area contributed by atoms with Crippen LogP contribution in [0.5, 0.6) is 0 Å². The summed E-state index contributed by atoms with van der Waals surface area (Å²) in [6.07, 6.45) is 0.390. The lowest BCUT2D eigenvalue weighted by Crippen LogP contribution is -2.41. The van der Waals surface area contributed by atoms with Crippen molar-refractivity contribution in [2.75, 3.05) is 0 Å². The van der Waals surface area contributed by atoms with E-state index in [0.717, 1.165) is 0 Å². The Morgan fingerprint density at radius 3 is 2.47 bits per heavy atom.